The third-order valence-electron chi connectivity index (χ3n) is 2.66. The Morgan fingerprint density at radius 1 is 1.38 bits per heavy atom. The maximum atomic E-state index is 11.8. The molecule has 0 saturated carbocycles. The molecule has 6 nitrogen and oxygen atoms in total. The number of nitrogens with one attached hydrogen (secondary N) is 1. The molecule has 0 bridgehead atoms. The number of thioether (sulfide) groups is 1. The molecule has 0 radical (unpaired) electrons. The summed E-state index contributed by atoms with van der Waals surface area (Å²) < 4.78 is 9.92. The van der Waals surface area contributed by atoms with Crippen LogP contribution in [0.1, 0.15) is 6.42 Å². The Morgan fingerprint density at radius 3 is 2.76 bits per heavy atom. The maximum Gasteiger partial charge on any atom is 0.326 e. The predicted molar refractivity (Wildman–Crippen MR) is 79.8 cm³/mol. The van der Waals surface area contributed by atoms with Gasteiger partial charge in [-0.3, -0.25) is 4.79 Å². The Labute approximate surface area is 127 Å². The summed E-state index contributed by atoms with van der Waals surface area (Å²) in [7, 11) is 3.06. The second kappa shape index (κ2) is 9.25. The van der Waals surface area contributed by atoms with E-state index in [9.17, 15) is 9.59 Å². The van der Waals surface area contributed by atoms with Crippen molar-refractivity contribution in [1.82, 2.24) is 5.32 Å². The zero-order chi connectivity index (χ0) is 15.7. The number of ether oxygens (including phenoxy) is 2. The number of benzene rings is 1. The molecule has 1 amide bonds. The van der Waals surface area contributed by atoms with E-state index in [0.717, 1.165) is 4.90 Å². The summed E-state index contributed by atoms with van der Waals surface area (Å²) in [4.78, 5) is 23.7. The van der Waals surface area contributed by atoms with Crippen molar-refractivity contribution in [1.29, 1.82) is 0 Å². The molecule has 21 heavy (non-hydrogen) atoms. The molecule has 1 atom stereocenters. The lowest BCUT2D eigenvalue weighted by molar-refractivity contribution is -0.142. The van der Waals surface area contributed by atoms with Crippen molar-refractivity contribution in [3.63, 3.8) is 0 Å². The molecule has 1 unspecified atom stereocenters. The monoisotopic (exact) mass is 313 g/mol. The number of aliphatic carboxylic acids is 1. The Bertz CT molecular complexity index is 480. The minimum absolute atomic E-state index is 0.143. The van der Waals surface area contributed by atoms with E-state index in [1.54, 1.807) is 7.11 Å². The van der Waals surface area contributed by atoms with E-state index in [-0.39, 0.29) is 24.7 Å². The highest BCUT2D eigenvalue weighted by Crippen LogP contribution is 2.22. The Hall–Kier alpha value is -1.73. The highest BCUT2D eigenvalue weighted by molar-refractivity contribution is 8.00. The summed E-state index contributed by atoms with van der Waals surface area (Å²) in [5, 5.41) is 11.5. The van der Waals surface area contributed by atoms with Gasteiger partial charge in [0.15, 0.2) is 0 Å². The van der Waals surface area contributed by atoms with Crippen LogP contribution in [0.4, 0.5) is 0 Å². The van der Waals surface area contributed by atoms with E-state index in [1.165, 1.54) is 18.9 Å². The lowest BCUT2D eigenvalue weighted by Crippen LogP contribution is -2.42. The van der Waals surface area contributed by atoms with Crippen molar-refractivity contribution in [2.45, 2.75) is 17.4 Å². The smallest absolute Gasteiger partial charge is 0.326 e. The van der Waals surface area contributed by atoms with Crippen molar-refractivity contribution in [3.8, 4) is 5.75 Å². The molecule has 1 aromatic carbocycles. The van der Waals surface area contributed by atoms with E-state index >= 15 is 0 Å². The van der Waals surface area contributed by atoms with Crippen LogP contribution in [-0.4, -0.2) is 49.6 Å². The molecule has 116 valence electrons. The van der Waals surface area contributed by atoms with E-state index < -0.39 is 12.0 Å². The average Bonchev–Trinajstić information content (AvgIpc) is 2.49. The molecule has 0 aliphatic rings. The Balaban J connectivity index is 2.46. The first-order valence-corrected chi connectivity index (χ1v) is 7.33. The number of methoxy groups -OCH3 is 2. The number of rotatable bonds is 9. The molecular formula is C14H19NO5S. The number of carboxylic acids is 1. The van der Waals surface area contributed by atoms with Gasteiger partial charge in [0.05, 0.1) is 12.9 Å². The number of carbonyl (C=O) groups excluding carboxylic acids is 1. The van der Waals surface area contributed by atoms with Gasteiger partial charge in [0.2, 0.25) is 5.91 Å². The summed E-state index contributed by atoms with van der Waals surface area (Å²) >= 11 is 1.32. The summed E-state index contributed by atoms with van der Waals surface area (Å²) in [5.41, 5.74) is 0. The van der Waals surface area contributed by atoms with E-state index in [1.807, 2.05) is 24.3 Å². The van der Waals surface area contributed by atoms with Crippen LogP contribution >= 0.6 is 11.8 Å². The van der Waals surface area contributed by atoms with Gasteiger partial charge in [-0.05, 0) is 18.2 Å². The summed E-state index contributed by atoms with van der Waals surface area (Å²) in [6, 6.07) is 6.40. The van der Waals surface area contributed by atoms with Gasteiger partial charge < -0.3 is 19.9 Å². The van der Waals surface area contributed by atoms with Gasteiger partial charge in [-0.1, -0.05) is 6.07 Å². The topological polar surface area (TPSA) is 84.9 Å². The van der Waals surface area contributed by atoms with Gasteiger partial charge in [-0.25, -0.2) is 4.79 Å². The first kappa shape index (κ1) is 17.3. The third-order valence-corrected chi connectivity index (χ3v) is 3.65. The fourth-order valence-electron chi connectivity index (χ4n) is 1.57. The van der Waals surface area contributed by atoms with Crippen molar-refractivity contribution < 1.29 is 24.2 Å². The zero-order valence-electron chi connectivity index (χ0n) is 12.0. The van der Waals surface area contributed by atoms with Crippen molar-refractivity contribution >= 4 is 23.6 Å². The second-order valence-corrected chi connectivity index (χ2v) is 5.26. The van der Waals surface area contributed by atoms with Crippen LogP contribution in [0.5, 0.6) is 5.75 Å². The maximum absolute atomic E-state index is 11.8. The minimum atomic E-state index is -1.06. The van der Waals surface area contributed by atoms with Crippen LogP contribution < -0.4 is 10.1 Å². The van der Waals surface area contributed by atoms with Gasteiger partial charge in [0, 0.05) is 25.0 Å². The van der Waals surface area contributed by atoms with Gasteiger partial charge in [-0.15, -0.1) is 11.8 Å². The minimum Gasteiger partial charge on any atom is -0.497 e. The molecule has 0 saturated heterocycles. The summed E-state index contributed by atoms with van der Waals surface area (Å²) in [5.74, 6) is -0.536. The SMILES string of the molecule is COCCC(NC(=O)CSc1cccc(OC)c1)C(=O)O. The van der Waals surface area contributed by atoms with Gasteiger partial charge in [0.25, 0.3) is 0 Å². The number of amides is 1. The largest absolute Gasteiger partial charge is 0.497 e. The molecule has 1 aromatic rings. The fourth-order valence-corrected chi connectivity index (χ4v) is 2.32. The standard InChI is InChI=1S/C14H19NO5S/c1-19-7-6-12(14(17)18)15-13(16)9-21-11-5-3-4-10(8-11)20-2/h3-5,8,12H,6-7,9H2,1-2H3,(H,15,16)(H,17,18). The normalized spacial score (nSPS) is 11.7. The highest BCUT2D eigenvalue weighted by atomic mass is 32.2. The van der Waals surface area contributed by atoms with E-state index in [2.05, 4.69) is 5.32 Å². The van der Waals surface area contributed by atoms with Crippen LogP contribution in [0.3, 0.4) is 0 Å². The quantitative estimate of drug-likeness (QED) is 0.670. The van der Waals surface area contributed by atoms with Gasteiger partial charge in [0.1, 0.15) is 11.8 Å². The first-order valence-electron chi connectivity index (χ1n) is 6.34. The third kappa shape index (κ3) is 6.50. The number of hydrogen-bond acceptors (Lipinski definition) is 5. The molecule has 0 heterocycles. The molecule has 2 N–H and O–H groups in total. The molecule has 0 spiro atoms. The molecule has 0 aliphatic carbocycles. The lowest BCUT2D eigenvalue weighted by atomic mass is 10.2. The van der Waals surface area contributed by atoms with Gasteiger partial charge in [-0.2, -0.15) is 0 Å². The Kier molecular flexibility index (Phi) is 7.63. The van der Waals surface area contributed by atoms with Crippen molar-refractivity contribution in [2.24, 2.45) is 0 Å². The molecule has 0 aliphatic heterocycles. The summed E-state index contributed by atoms with van der Waals surface area (Å²) in [6.45, 7) is 0.278. The number of hydrogen-bond donors (Lipinski definition) is 2. The Morgan fingerprint density at radius 2 is 2.14 bits per heavy atom. The van der Waals surface area contributed by atoms with Crippen molar-refractivity contribution in [3.05, 3.63) is 24.3 Å². The molecule has 1 rings (SSSR count). The summed E-state index contributed by atoms with van der Waals surface area (Å²) in [6.07, 6.45) is 0.237. The fraction of sp³-hybridized carbons (Fsp3) is 0.429. The van der Waals surface area contributed by atoms with E-state index in [0.29, 0.717) is 5.75 Å². The highest BCUT2D eigenvalue weighted by Gasteiger charge is 2.19. The average molecular weight is 313 g/mol. The van der Waals surface area contributed by atoms with E-state index in [4.69, 9.17) is 14.6 Å². The van der Waals surface area contributed by atoms with Crippen molar-refractivity contribution in [2.75, 3.05) is 26.6 Å². The molecule has 7 heteroatoms. The lowest BCUT2D eigenvalue weighted by Gasteiger charge is -2.13. The van der Waals surface area contributed by atoms with Crippen LogP contribution in [-0.2, 0) is 14.3 Å². The van der Waals surface area contributed by atoms with Crippen LogP contribution in [0.2, 0.25) is 0 Å². The van der Waals surface area contributed by atoms with Gasteiger partial charge >= 0.3 is 5.97 Å². The number of carboxylic acid groups (broad SMARTS) is 1. The van der Waals surface area contributed by atoms with Crippen LogP contribution in [0.15, 0.2) is 29.2 Å². The number of carbonyl (C=O) groups is 2. The molecule has 0 aromatic heterocycles. The van der Waals surface area contributed by atoms with Crippen LogP contribution in [0, 0.1) is 0 Å². The second-order valence-electron chi connectivity index (χ2n) is 4.21. The molecular weight excluding hydrogens is 294 g/mol. The zero-order valence-corrected chi connectivity index (χ0v) is 12.8. The van der Waals surface area contributed by atoms with Crippen LogP contribution in [0.25, 0.3) is 0 Å². The first-order chi connectivity index (χ1) is 10.1. The predicted octanol–water partition coefficient (Wildman–Crippen LogP) is 1.39. The molecule has 0 fully saturated rings.